The first-order chi connectivity index (χ1) is 13.0. The first kappa shape index (κ1) is 19.0. The number of carbonyl (C=O) groups is 1. The number of ether oxygens (including phenoxy) is 1. The Kier molecular flexibility index (Phi) is 5.84. The number of benzene rings is 2. The highest BCUT2D eigenvalue weighted by Crippen LogP contribution is 2.22. The molecule has 0 aliphatic carbocycles. The number of hydrogen-bond donors (Lipinski definition) is 1. The molecule has 27 heavy (non-hydrogen) atoms. The lowest BCUT2D eigenvalue weighted by Gasteiger charge is -2.06. The number of nitrogens with one attached hydrogen (secondary N) is 1. The van der Waals surface area contributed by atoms with Crippen molar-refractivity contribution in [1.29, 1.82) is 0 Å². The molecule has 0 radical (unpaired) electrons. The smallest absolute Gasteiger partial charge is 0.271 e. The number of amides is 1. The first-order valence-corrected chi connectivity index (χ1v) is 8.85. The van der Waals surface area contributed by atoms with Gasteiger partial charge in [-0.25, -0.2) is 5.43 Å². The van der Waals surface area contributed by atoms with E-state index in [2.05, 4.69) is 10.5 Å². The molecule has 0 aliphatic heterocycles. The number of nitrogens with zero attached hydrogens (tertiary/aromatic N) is 2. The number of carbonyl (C=O) groups excluding carboxylic acids is 1. The van der Waals surface area contributed by atoms with E-state index in [9.17, 15) is 4.79 Å². The number of hydrazone groups is 1. The maximum Gasteiger partial charge on any atom is 0.271 e. The van der Waals surface area contributed by atoms with E-state index < -0.39 is 0 Å². The quantitative estimate of drug-likeness (QED) is 0.489. The second-order valence-electron chi connectivity index (χ2n) is 5.81. The summed E-state index contributed by atoms with van der Waals surface area (Å²) in [7, 11) is 1.64. The molecule has 7 heteroatoms. The highest BCUT2D eigenvalue weighted by atomic mass is 35.5. The van der Waals surface area contributed by atoms with Crippen molar-refractivity contribution >= 4 is 35.3 Å². The molecule has 0 saturated carbocycles. The maximum atomic E-state index is 12.1. The fourth-order valence-corrected chi connectivity index (χ4v) is 2.86. The number of halogens is 2. The predicted molar refractivity (Wildman–Crippen MR) is 109 cm³/mol. The van der Waals surface area contributed by atoms with E-state index in [0.717, 1.165) is 22.7 Å². The molecular weight excluding hydrogens is 385 g/mol. The van der Waals surface area contributed by atoms with Gasteiger partial charge in [0.2, 0.25) is 0 Å². The van der Waals surface area contributed by atoms with Crippen LogP contribution in [0.5, 0.6) is 5.75 Å². The van der Waals surface area contributed by atoms with Crippen molar-refractivity contribution in [3.05, 3.63) is 81.6 Å². The normalized spacial score (nSPS) is 11.0. The van der Waals surface area contributed by atoms with Gasteiger partial charge in [0.1, 0.15) is 5.75 Å². The van der Waals surface area contributed by atoms with Crippen molar-refractivity contribution in [2.24, 2.45) is 5.10 Å². The molecule has 0 saturated heterocycles. The molecule has 0 aliphatic rings. The highest BCUT2D eigenvalue weighted by molar-refractivity contribution is 6.42. The maximum absolute atomic E-state index is 12.1. The summed E-state index contributed by atoms with van der Waals surface area (Å²) in [6, 6.07) is 14.4. The van der Waals surface area contributed by atoms with E-state index in [1.165, 1.54) is 6.07 Å². The van der Waals surface area contributed by atoms with Crippen molar-refractivity contribution in [2.75, 3.05) is 7.11 Å². The zero-order chi connectivity index (χ0) is 19.4. The lowest BCUT2D eigenvalue weighted by molar-refractivity contribution is 0.0955. The number of aryl methyl sites for hydroxylation is 1. The van der Waals surface area contributed by atoms with Gasteiger partial charge in [-0.05, 0) is 55.5 Å². The van der Waals surface area contributed by atoms with E-state index >= 15 is 0 Å². The topological polar surface area (TPSA) is 55.6 Å². The van der Waals surface area contributed by atoms with Crippen molar-refractivity contribution in [2.45, 2.75) is 6.92 Å². The predicted octanol–water partition coefficient (Wildman–Crippen LogP) is 4.87. The van der Waals surface area contributed by atoms with Gasteiger partial charge in [0.05, 0.1) is 23.4 Å². The molecule has 1 amide bonds. The minimum Gasteiger partial charge on any atom is -0.497 e. The van der Waals surface area contributed by atoms with Crippen molar-refractivity contribution in [3.63, 3.8) is 0 Å². The number of aromatic nitrogens is 1. The Bertz CT molecular complexity index is 995. The molecule has 1 N–H and O–H groups in total. The molecular formula is C20H17Cl2N3O2. The summed E-state index contributed by atoms with van der Waals surface area (Å²) in [6.45, 7) is 2.00. The largest absolute Gasteiger partial charge is 0.497 e. The summed E-state index contributed by atoms with van der Waals surface area (Å²) in [5, 5.41) is 4.73. The van der Waals surface area contributed by atoms with Crippen molar-refractivity contribution in [1.82, 2.24) is 9.99 Å². The summed E-state index contributed by atoms with van der Waals surface area (Å²) in [5.74, 6) is 0.437. The fraction of sp³-hybridized carbons (Fsp3) is 0.100. The minimum absolute atomic E-state index is 0.320. The van der Waals surface area contributed by atoms with Gasteiger partial charge in [-0.2, -0.15) is 5.10 Å². The van der Waals surface area contributed by atoms with Gasteiger partial charge in [0.25, 0.3) is 5.91 Å². The molecule has 138 valence electrons. The van der Waals surface area contributed by atoms with Crippen LogP contribution in [0.2, 0.25) is 10.0 Å². The van der Waals surface area contributed by atoms with Crippen LogP contribution < -0.4 is 10.2 Å². The van der Waals surface area contributed by atoms with Gasteiger partial charge in [-0.1, -0.05) is 23.2 Å². The third-order valence-electron chi connectivity index (χ3n) is 3.95. The van der Waals surface area contributed by atoms with Crippen LogP contribution in [-0.2, 0) is 0 Å². The second kappa shape index (κ2) is 8.29. The Balaban J connectivity index is 1.70. The van der Waals surface area contributed by atoms with Gasteiger partial charge in [-0.3, -0.25) is 4.79 Å². The molecule has 0 fully saturated rings. The van der Waals surface area contributed by atoms with Gasteiger partial charge in [0, 0.05) is 28.7 Å². The molecule has 0 unspecified atom stereocenters. The summed E-state index contributed by atoms with van der Waals surface area (Å²) in [6.07, 6.45) is 3.52. The number of rotatable bonds is 5. The molecule has 3 aromatic rings. The lowest BCUT2D eigenvalue weighted by atomic mass is 10.2. The average Bonchev–Trinajstić information content (AvgIpc) is 3.04. The Morgan fingerprint density at radius 3 is 2.52 bits per heavy atom. The van der Waals surface area contributed by atoms with Crippen LogP contribution in [-0.4, -0.2) is 23.8 Å². The summed E-state index contributed by atoms with van der Waals surface area (Å²) < 4.78 is 7.21. The van der Waals surface area contributed by atoms with Crippen LogP contribution >= 0.6 is 23.2 Å². The van der Waals surface area contributed by atoms with Gasteiger partial charge in [-0.15, -0.1) is 0 Å². The Hall–Kier alpha value is -2.76. The van der Waals surface area contributed by atoms with E-state index in [1.807, 2.05) is 48.0 Å². The lowest BCUT2D eigenvalue weighted by Crippen LogP contribution is -2.17. The molecule has 1 aromatic heterocycles. The van der Waals surface area contributed by atoms with Crippen molar-refractivity contribution < 1.29 is 9.53 Å². The zero-order valence-corrected chi connectivity index (χ0v) is 16.3. The molecule has 0 bridgehead atoms. The second-order valence-corrected chi connectivity index (χ2v) is 6.63. The fourth-order valence-electron chi connectivity index (χ4n) is 2.56. The third-order valence-corrected chi connectivity index (χ3v) is 4.68. The molecule has 2 aromatic carbocycles. The highest BCUT2D eigenvalue weighted by Gasteiger charge is 2.07. The standard InChI is InChI=1S/C20H17Cl2N3O2/c1-13-9-14(12-25(13)16-4-6-17(27-2)7-5-16)11-23-24-20(26)15-3-8-18(21)19(22)10-15/h3-12H,1-2H3,(H,24,26)/b23-11-. The molecule has 3 rings (SSSR count). The van der Waals surface area contributed by atoms with E-state index in [0.29, 0.717) is 15.6 Å². The Labute approximate surface area is 167 Å². The molecule has 5 nitrogen and oxygen atoms in total. The van der Waals surface area contributed by atoms with Gasteiger partial charge in [0.15, 0.2) is 0 Å². The third kappa shape index (κ3) is 4.51. The SMILES string of the molecule is COc1ccc(-n2cc(/C=N\NC(=O)c3ccc(Cl)c(Cl)c3)cc2C)cc1. The molecule has 1 heterocycles. The number of hydrogen-bond acceptors (Lipinski definition) is 3. The van der Waals surface area contributed by atoms with Crippen LogP contribution in [0.4, 0.5) is 0 Å². The Morgan fingerprint density at radius 2 is 1.85 bits per heavy atom. The van der Waals surface area contributed by atoms with Crippen molar-refractivity contribution in [3.8, 4) is 11.4 Å². The molecule has 0 spiro atoms. The van der Waals surface area contributed by atoms with Crippen LogP contribution in [0, 0.1) is 6.92 Å². The van der Waals surface area contributed by atoms with E-state index in [-0.39, 0.29) is 5.91 Å². The van der Waals surface area contributed by atoms with Gasteiger partial charge >= 0.3 is 0 Å². The van der Waals surface area contributed by atoms with Crippen LogP contribution in [0.3, 0.4) is 0 Å². The number of methoxy groups -OCH3 is 1. The molecule has 0 atom stereocenters. The Morgan fingerprint density at radius 1 is 1.11 bits per heavy atom. The van der Waals surface area contributed by atoms with Crippen LogP contribution in [0.15, 0.2) is 59.8 Å². The van der Waals surface area contributed by atoms with Crippen LogP contribution in [0.25, 0.3) is 5.69 Å². The van der Waals surface area contributed by atoms with E-state index in [1.54, 1.807) is 25.5 Å². The minimum atomic E-state index is -0.365. The van der Waals surface area contributed by atoms with Gasteiger partial charge < -0.3 is 9.30 Å². The first-order valence-electron chi connectivity index (χ1n) is 8.10. The zero-order valence-electron chi connectivity index (χ0n) is 14.7. The average molecular weight is 402 g/mol. The summed E-state index contributed by atoms with van der Waals surface area (Å²) in [5.41, 5.74) is 5.77. The van der Waals surface area contributed by atoms with Crippen LogP contribution in [0.1, 0.15) is 21.6 Å². The summed E-state index contributed by atoms with van der Waals surface area (Å²) >= 11 is 11.8. The van der Waals surface area contributed by atoms with E-state index in [4.69, 9.17) is 27.9 Å². The monoisotopic (exact) mass is 401 g/mol. The summed E-state index contributed by atoms with van der Waals surface area (Å²) in [4.78, 5) is 12.1.